The monoisotopic (exact) mass is 338 g/mol. The first-order chi connectivity index (χ1) is 11.1. The van der Waals surface area contributed by atoms with Crippen LogP contribution < -0.4 is 0 Å². The van der Waals surface area contributed by atoms with Gasteiger partial charge in [0.2, 0.25) is 0 Å². The standard InChI is InChI=1S/C17H22O7/c1-6-5-9(19)12-10(6)14-11(7(2)16(21)24-14)13(20)15(17(12,4)22)23-8(3)18/h5,9-15,19-20,22H,2H2,1,3-4H3/t9-,10+,11+,12-,13-,14-,15-,17+/m1/s1. The molecule has 3 aliphatic rings. The fourth-order valence-electron chi connectivity index (χ4n) is 4.55. The van der Waals surface area contributed by atoms with Crippen LogP contribution in [0.4, 0.5) is 0 Å². The molecule has 1 heterocycles. The molecular formula is C17H22O7. The summed E-state index contributed by atoms with van der Waals surface area (Å²) in [6.45, 7) is 8.05. The van der Waals surface area contributed by atoms with Gasteiger partial charge in [-0.1, -0.05) is 18.2 Å². The summed E-state index contributed by atoms with van der Waals surface area (Å²) in [6.07, 6.45) is -2.89. The maximum Gasteiger partial charge on any atom is 0.334 e. The minimum Gasteiger partial charge on any atom is -0.458 e. The van der Waals surface area contributed by atoms with Crippen molar-refractivity contribution in [2.24, 2.45) is 17.8 Å². The predicted octanol–water partition coefficient (Wildman–Crippen LogP) is -0.305. The summed E-state index contributed by atoms with van der Waals surface area (Å²) in [5.41, 5.74) is -0.892. The Morgan fingerprint density at radius 1 is 1.38 bits per heavy atom. The van der Waals surface area contributed by atoms with Crippen LogP contribution in [0.1, 0.15) is 20.8 Å². The van der Waals surface area contributed by atoms with E-state index < -0.39 is 59.7 Å². The minimum atomic E-state index is -1.72. The van der Waals surface area contributed by atoms with Crippen LogP contribution >= 0.6 is 0 Å². The van der Waals surface area contributed by atoms with Crippen LogP contribution in [0.15, 0.2) is 23.8 Å². The van der Waals surface area contributed by atoms with Crippen LogP contribution in [0.5, 0.6) is 0 Å². The number of fused-ring (bicyclic) bond motifs is 3. The van der Waals surface area contributed by atoms with Crippen LogP contribution in [0.25, 0.3) is 0 Å². The summed E-state index contributed by atoms with van der Waals surface area (Å²) in [7, 11) is 0. The number of ether oxygens (including phenoxy) is 2. The highest BCUT2D eigenvalue weighted by atomic mass is 16.6. The largest absolute Gasteiger partial charge is 0.458 e. The minimum absolute atomic E-state index is 0.0790. The molecule has 1 aliphatic heterocycles. The molecule has 3 N–H and O–H groups in total. The first-order valence-corrected chi connectivity index (χ1v) is 7.91. The number of hydrogen-bond acceptors (Lipinski definition) is 7. The number of aliphatic hydroxyl groups is 3. The molecule has 0 unspecified atom stereocenters. The topological polar surface area (TPSA) is 113 Å². The molecule has 2 fully saturated rings. The van der Waals surface area contributed by atoms with Gasteiger partial charge in [0.1, 0.15) is 17.8 Å². The van der Waals surface area contributed by atoms with Crippen LogP contribution in [-0.4, -0.2) is 57.3 Å². The van der Waals surface area contributed by atoms with E-state index in [1.807, 2.05) is 0 Å². The van der Waals surface area contributed by atoms with Crippen molar-refractivity contribution in [3.8, 4) is 0 Å². The molecule has 0 aromatic rings. The highest BCUT2D eigenvalue weighted by Crippen LogP contribution is 2.52. The Balaban J connectivity index is 2.15. The molecule has 0 amide bonds. The first kappa shape index (κ1) is 17.1. The molecule has 0 radical (unpaired) electrons. The summed E-state index contributed by atoms with van der Waals surface area (Å²) in [6, 6.07) is 0. The molecule has 7 nitrogen and oxygen atoms in total. The van der Waals surface area contributed by atoms with Gasteiger partial charge in [-0.25, -0.2) is 4.79 Å². The van der Waals surface area contributed by atoms with Crippen molar-refractivity contribution in [3.05, 3.63) is 23.8 Å². The van der Waals surface area contributed by atoms with Gasteiger partial charge in [-0.15, -0.1) is 0 Å². The van der Waals surface area contributed by atoms with Crippen LogP contribution in [0.2, 0.25) is 0 Å². The fraction of sp³-hybridized carbons (Fsp3) is 0.647. The molecular weight excluding hydrogens is 316 g/mol. The van der Waals surface area contributed by atoms with Crippen molar-refractivity contribution in [1.82, 2.24) is 0 Å². The van der Waals surface area contributed by atoms with Crippen molar-refractivity contribution in [3.63, 3.8) is 0 Å². The Kier molecular flexibility index (Phi) is 3.86. The Bertz CT molecular complexity index is 635. The number of rotatable bonds is 1. The average molecular weight is 338 g/mol. The Morgan fingerprint density at radius 2 is 2.00 bits per heavy atom. The Morgan fingerprint density at radius 3 is 2.58 bits per heavy atom. The van der Waals surface area contributed by atoms with Gasteiger partial charge in [0.05, 0.1) is 12.0 Å². The van der Waals surface area contributed by atoms with Gasteiger partial charge in [0.15, 0.2) is 6.10 Å². The first-order valence-electron chi connectivity index (χ1n) is 7.91. The zero-order valence-corrected chi connectivity index (χ0v) is 13.8. The number of hydrogen-bond donors (Lipinski definition) is 3. The molecule has 0 bridgehead atoms. The van der Waals surface area contributed by atoms with E-state index in [2.05, 4.69) is 6.58 Å². The van der Waals surface area contributed by atoms with E-state index in [4.69, 9.17) is 9.47 Å². The van der Waals surface area contributed by atoms with Crippen molar-refractivity contribution in [2.45, 2.75) is 50.8 Å². The van der Waals surface area contributed by atoms with Gasteiger partial charge in [-0.05, 0) is 13.8 Å². The lowest BCUT2D eigenvalue weighted by Crippen LogP contribution is -2.56. The molecule has 24 heavy (non-hydrogen) atoms. The maximum atomic E-state index is 12.0. The van der Waals surface area contributed by atoms with Crippen LogP contribution in [0, 0.1) is 17.8 Å². The summed E-state index contributed by atoms with van der Waals surface area (Å²) in [4.78, 5) is 23.5. The van der Waals surface area contributed by atoms with E-state index in [1.165, 1.54) is 13.8 Å². The second-order valence-electron chi connectivity index (χ2n) is 7.12. The zero-order valence-electron chi connectivity index (χ0n) is 13.8. The van der Waals surface area contributed by atoms with E-state index in [9.17, 15) is 24.9 Å². The summed E-state index contributed by atoms with van der Waals surface area (Å²) in [5.74, 6) is -3.41. The lowest BCUT2D eigenvalue weighted by Gasteiger charge is -2.40. The van der Waals surface area contributed by atoms with Crippen molar-refractivity contribution in [1.29, 1.82) is 0 Å². The van der Waals surface area contributed by atoms with Crippen LogP contribution in [0.3, 0.4) is 0 Å². The van der Waals surface area contributed by atoms with Gasteiger partial charge in [-0.3, -0.25) is 4.79 Å². The van der Waals surface area contributed by atoms with Crippen LogP contribution in [-0.2, 0) is 19.1 Å². The molecule has 8 atom stereocenters. The third kappa shape index (κ3) is 2.22. The summed E-state index contributed by atoms with van der Waals surface area (Å²) >= 11 is 0. The fourth-order valence-corrected chi connectivity index (χ4v) is 4.55. The van der Waals surface area contributed by atoms with E-state index in [0.29, 0.717) is 0 Å². The van der Waals surface area contributed by atoms with Gasteiger partial charge < -0.3 is 24.8 Å². The van der Waals surface area contributed by atoms with Crippen molar-refractivity contribution >= 4 is 11.9 Å². The Hall–Kier alpha value is -1.70. The molecule has 1 saturated carbocycles. The average Bonchev–Trinajstić information content (AvgIpc) is 2.89. The third-order valence-electron chi connectivity index (χ3n) is 5.55. The molecule has 2 aliphatic carbocycles. The molecule has 1 saturated heterocycles. The van der Waals surface area contributed by atoms with Gasteiger partial charge in [0, 0.05) is 24.3 Å². The molecule has 0 spiro atoms. The molecule has 0 aromatic heterocycles. The number of aliphatic hydroxyl groups excluding tert-OH is 2. The highest BCUT2D eigenvalue weighted by molar-refractivity contribution is 5.91. The van der Waals surface area contributed by atoms with E-state index in [-0.39, 0.29) is 5.57 Å². The highest BCUT2D eigenvalue weighted by Gasteiger charge is 2.64. The summed E-state index contributed by atoms with van der Waals surface area (Å²) in [5, 5.41) is 32.3. The van der Waals surface area contributed by atoms with E-state index in [1.54, 1.807) is 13.0 Å². The summed E-state index contributed by atoms with van der Waals surface area (Å²) < 4.78 is 10.6. The molecule has 7 heteroatoms. The normalized spacial score (nSPS) is 47.4. The molecule has 132 valence electrons. The van der Waals surface area contributed by atoms with E-state index in [0.717, 1.165) is 5.57 Å². The maximum absolute atomic E-state index is 12.0. The van der Waals surface area contributed by atoms with Crippen molar-refractivity contribution < 1.29 is 34.4 Å². The zero-order chi connectivity index (χ0) is 18.0. The lowest BCUT2D eigenvalue weighted by molar-refractivity contribution is -0.192. The van der Waals surface area contributed by atoms with Gasteiger partial charge >= 0.3 is 11.9 Å². The third-order valence-corrected chi connectivity index (χ3v) is 5.55. The Labute approximate surface area is 139 Å². The number of esters is 2. The smallest absolute Gasteiger partial charge is 0.334 e. The quantitative estimate of drug-likeness (QED) is 0.341. The number of carbonyl (C=O) groups is 2. The molecule has 3 rings (SSSR count). The second kappa shape index (κ2) is 5.40. The van der Waals surface area contributed by atoms with Gasteiger partial charge in [-0.2, -0.15) is 0 Å². The number of carbonyl (C=O) groups excluding carboxylic acids is 2. The van der Waals surface area contributed by atoms with Crippen molar-refractivity contribution in [2.75, 3.05) is 0 Å². The molecule has 0 aromatic carbocycles. The van der Waals surface area contributed by atoms with Gasteiger partial charge in [0.25, 0.3) is 0 Å². The predicted molar refractivity (Wildman–Crippen MR) is 81.4 cm³/mol. The van der Waals surface area contributed by atoms with E-state index >= 15 is 0 Å². The lowest BCUT2D eigenvalue weighted by atomic mass is 9.74. The second-order valence-corrected chi connectivity index (χ2v) is 7.12. The SMILES string of the molecule is C=C1C(=O)O[C@@H]2[C@H]3C(C)=C[C@@H](O)[C@H]3[C@](C)(O)[C@H](OC(C)=O)[C@H](O)[C@H]12.